The third-order valence-electron chi connectivity index (χ3n) is 5.50. The van der Waals surface area contributed by atoms with E-state index >= 15 is 0 Å². The van der Waals surface area contributed by atoms with Crippen molar-refractivity contribution in [1.82, 2.24) is 20.8 Å². The first kappa shape index (κ1) is 13.7. The van der Waals surface area contributed by atoms with Crippen molar-refractivity contribution in [1.29, 1.82) is 0 Å². The van der Waals surface area contributed by atoms with Crippen molar-refractivity contribution in [3.05, 3.63) is 17.5 Å². The minimum absolute atomic E-state index is 0.548. The molecule has 1 aromatic heterocycles. The highest BCUT2D eigenvalue weighted by atomic mass is 16.5. The van der Waals surface area contributed by atoms with E-state index in [9.17, 15) is 0 Å². The molecule has 4 rings (SSSR count). The summed E-state index contributed by atoms with van der Waals surface area (Å²) in [5.74, 6) is 0.732. The number of aromatic nitrogens is 2. The number of fused-ring (bicyclic) bond motifs is 1. The van der Waals surface area contributed by atoms with Crippen LogP contribution in [0.2, 0.25) is 0 Å². The molecule has 3 aliphatic rings. The predicted molar refractivity (Wildman–Crippen MR) is 81.3 cm³/mol. The van der Waals surface area contributed by atoms with Crippen molar-refractivity contribution < 1.29 is 4.74 Å². The quantitative estimate of drug-likeness (QED) is 0.777. The van der Waals surface area contributed by atoms with Gasteiger partial charge in [0.15, 0.2) is 0 Å². The van der Waals surface area contributed by atoms with Crippen LogP contribution >= 0.6 is 0 Å². The van der Waals surface area contributed by atoms with Gasteiger partial charge in [-0.2, -0.15) is 5.10 Å². The Bertz CT molecular complexity index is 469. The molecule has 21 heavy (non-hydrogen) atoms. The lowest BCUT2D eigenvalue weighted by Crippen LogP contribution is -2.53. The second-order valence-corrected chi connectivity index (χ2v) is 6.82. The number of nitrogens with zero attached hydrogens (tertiary/aromatic N) is 1. The normalized spacial score (nSPS) is 36.6. The van der Waals surface area contributed by atoms with Crippen molar-refractivity contribution in [3.63, 3.8) is 0 Å². The van der Waals surface area contributed by atoms with Gasteiger partial charge < -0.3 is 15.4 Å². The Morgan fingerprint density at radius 3 is 3.19 bits per heavy atom. The SMILES string of the molecule is c1n[nH]c2c1CC(NC1CCCC1C1COCCN1)CC2. The molecule has 1 saturated heterocycles. The summed E-state index contributed by atoms with van der Waals surface area (Å²) < 4.78 is 5.67. The van der Waals surface area contributed by atoms with Gasteiger partial charge >= 0.3 is 0 Å². The van der Waals surface area contributed by atoms with Gasteiger partial charge in [0.2, 0.25) is 0 Å². The molecule has 2 heterocycles. The van der Waals surface area contributed by atoms with Crippen LogP contribution in [0.5, 0.6) is 0 Å². The van der Waals surface area contributed by atoms with Gasteiger partial charge in [-0.1, -0.05) is 6.42 Å². The first-order chi connectivity index (χ1) is 10.4. The van der Waals surface area contributed by atoms with E-state index in [2.05, 4.69) is 20.8 Å². The summed E-state index contributed by atoms with van der Waals surface area (Å²) in [5, 5.41) is 14.9. The topological polar surface area (TPSA) is 62.0 Å². The lowest BCUT2D eigenvalue weighted by atomic mass is 9.89. The van der Waals surface area contributed by atoms with E-state index < -0.39 is 0 Å². The maximum atomic E-state index is 5.67. The van der Waals surface area contributed by atoms with Gasteiger partial charge in [0, 0.05) is 30.4 Å². The number of nitrogens with one attached hydrogen (secondary N) is 3. The van der Waals surface area contributed by atoms with Gasteiger partial charge in [0.1, 0.15) is 0 Å². The first-order valence-corrected chi connectivity index (χ1v) is 8.48. The Kier molecular flexibility index (Phi) is 3.97. The van der Waals surface area contributed by atoms with E-state index in [4.69, 9.17) is 4.74 Å². The fourth-order valence-electron chi connectivity index (χ4n) is 4.40. The zero-order valence-electron chi connectivity index (χ0n) is 12.6. The van der Waals surface area contributed by atoms with Crippen molar-refractivity contribution in [2.45, 2.75) is 56.7 Å². The molecule has 4 atom stereocenters. The van der Waals surface area contributed by atoms with Crippen LogP contribution in [0.25, 0.3) is 0 Å². The van der Waals surface area contributed by atoms with Gasteiger partial charge in [-0.25, -0.2) is 0 Å². The van der Waals surface area contributed by atoms with Crippen molar-refractivity contribution >= 4 is 0 Å². The first-order valence-electron chi connectivity index (χ1n) is 8.48. The Morgan fingerprint density at radius 1 is 1.29 bits per heavy atom. The minimum Gasteiger partial charge on any atom is -0.379 e. The zero-order valence-corrected chi connectivity index (χ0v) is 12.6. The molecule has 1 aliphatic heterocycles. The van der Waals surface area contributed by atoms with Crippen LogP contribution in [-0.4, -0.2) is 48.1 Å². The molecular formula is C16H26N4O. The van der Waals surface area contributed by atoms with Crippen LogP contribution in [-0.2, 0) is 17.6 Å². The number of ether oxygens (including phenoxy) is 1. The van der Waals surface area contributed by atoms with Crippen molar-refractivity contribution in [3.8, 4) is 0 Å². The van der Waals surface area contributed by atoms with Crippen LogP contribution < -0.4 is 10.6 Å². The maximum absolute atomic E-state index is 5.67. The summed E-state index contributed by atoms with van der Waals surface area (Å²) >= 11 is 0. The summed E-state index contributed by atoms with van der Waals surface area (Å²) in [6.07, 6.45) is 9.50. The maximum Gasteiger partial charge on any atom is 0.0623 e. The lowest BCUT2D eigenvalue weighted by Gasteiger charge is -2.35. The highest BCUT2D eigenvalue weighted by Gasteiger charge is 2.36. The summed E-state index contributed by atoms with van der Waals surface area (Å²) in [6, 6.07) is 1.82. The minimum atomic E-state index is 0.548. The largest absolute Gasteiger partial charge is 0.379 e. The molecule has 2 fully saturated rings. The molecule has 0 amide bonds. The van der Waals surface area contributed by atoms with Crippen molar-refractivity contribution in [2.75, 3.05) is 19.8 Å². The third-order valence-corrected chi connectivity index (χ3v) is 5.50. The highest BCUT2D eigenvalue weighted by Crippen LogP contribution is 2.31. The number of aromatic amines is 1. The molecule has 0 spiro atoms. The van der Waals surface area contributed by atoms with Crippen LogP contribution in [0.3, 0.4) is 0 Å². The number of rotatable bonds is 3. The highest BCUT2D eigenvalue weighted by molar-refractivity contribution is 5.21. The molecule has 2 aliphatic carbocycles. The fraction of sp³-hybridized carbons (Fsp3) is 0.812. The van der Waals surface area contributed by atoms with Crippen LogP contribution in [0.15, 0.2) is 6.20 Å². The van der Waals surface area contributed by atoms with E-state index in [0.29, 0.717) is 18.1 Å². The monoisotopic (exact) mass is 290 g/mol. The van der Waals surface area contributed by atoms with Crippen LogP contribution in [0.4, 0.5) is 0 Å². The molecule has 0 aromatic carbocycles. The van der Waals surface area contributed by atoms with E-state index in [1.807, 2.05) is 6.20 Å². The number of hydrogen-bond acceptors (Lipinski definition) is 4. The second-order valence-electron chi connectivity index (χ2n) is 6.82. The summed E-state index contributed by atoms with van der Waals surface area (Å²) in [7, 11) is 0. The number of morpholine rings is 1. The second kappa shape index (κ2) is 6.07. The smallest absolute Gasteiger partial charge is 0.0623 e. The number of H-pyrrole nitrogens is 1. The van der Waals surface area contributed by atoms with Gasteiger partial charge in [0.25, 0.3) is 0 Å². The van der Waals surface area contributed by atoms with E-state index in [1.54, 1.807) is 0 Å². The molecule has 116 valence electrons. The Labute approximate surface area is 126 Å². The molecule has 4 unspecified atom stereocenters. The predicted octanol–water partition coefficient (Wildman–Crippen LogP) is 1.01. The summed E-state index contributed by atoms with van der Waals surface area (Å²) in [6.45, 7) is 2.77. The summed E-state index contributed by atoms with van der Waals surface area (Å²) in [4.78, 5) is 0. The molecule has 0 bridgehead atoms. The fourth-order valence-corrected chi connectivity index (χ4v) is 4.40. The molecule has 5 nitrogen and oxygen atoms in total. The molecule has 1 aromatic rings. The Balaban J connectivity index is 1.37. The number of aryl methyl sites for hydroxylation is 1. The third kappa shape index (κ3) is 2.87. The van der Waals surface area contributed by atoms with Gasteiger partial charge in [0.05, 0.1) is 19.4 Å². The average Bonchev–Trinajstić information content (AvgIpc) is 3.16. The Morgan fingerprint density at radius 2 is 2.29 bits per heavy atom. The molecular weight excluding hydrogens is 264 g/mol. The van der Waals surface area contributed by atoms with Crippen molar-refractivity contribution in [2.24, 2.45) is 5.92 Å². The number of hydrogen-bond donors (Lipinski definition) is 3. The molecule has 5 heteroatoms. The zero-order chi connectivity index (χ0) is 14.1. The lowest BCUT2D eigenvalue weighted by molar-refractivity contribution is 0.0515. The van der Waals surface area contributed by atoms with E-state index in [-0.39, 0.29) is 0 Å². The average molecular weight is 290 g/mol. The van der Waals surface area contributed by atoms with Gasteiger partial charge in [-0.05, 0) is 43.6 Å². The standard InChI is InChI=1S/C16H26N4O/c1-2-13(16-10-21-7-6-17-16)15(3-1)19-12-4-5-14-11(8-12)9-18-20-14/h9,12-13,15-17,19H,1-8,10H2,(H,18,20). The molecule has 0 radical (unpaired) electrons. The van der Waals surface area contributed by atoms with Crippen LogP contribution in [0, 0.1) is 5.92 Å². The van der Waals surface area contributed by atoms with Gasteiger partial charge in [-0.15, -0.1) is 0 Å². The summed E-state index contributed by atoms with van der Waals surface area (Å²) in [5.41, 5.74) is 2.76. The van der Waals surface area contributed by atoms with Gasteiger partial charge in [-0.3, -0.25) is 5.10 Å². The Hall–Kier alpha value is -0.910. The molecule has 1 saturated carbocycles. The molecule has 3 N–H and O–H groups in total. The van der Waals surface area contributed by atoms with E-state index in [1.165, 1.54) is 36.9 Å². The van der Waals surface area contributed by atoms with E-state index in [0.717, 1.165) is 38.5 Å². The van der Waals surface area contributed by atoms with Crippen LogP contribution in [0.1, 0.15) is 36.9 Å².